The van der Waals surface area contributed by atoms with E-state index in [2.05, 4.69) is 21.0 Å². The summed E-state index contributed by atoms with van der Waals surface area (Å²) >= 11 is 3.34. The van der Waals surface area contributed by atoms with Crippen molar-refractivity contribution in [2.45, 2.75) is 6.42 Å². The molecular formula is C11H10BrF2N3. The Labute approximate surface area is 105 Å². The molecule has 17 heavy (non-hydrogen) atoms. The van der Waals surface area contributed by atoms with Crippen LogP contribution >= 0.6 is 15.9 Å². The van der Waals surface area contributed by atoms with Gasteiger partial charge in [-0.1, -0.05) is 0 Å². The third-order valence-corrected chi connectivity index (χ3v) is 2.95. The molecule has 0 atom stereocenters. The second-order valence-corrected chi connectivity index (χ2v) is 4.36. The highest BCUT2D eigenvalue weighted by atomic mass is 79.9. The lowest BCUT2D eigenvalue weighted by Gasteiger charge is -2.01. The van der Waals surface area contributed by atoms with Crippen molar-refractivity contribution in [1.29, 1.82) is 0 Å². The molecule has 0 radical (unpaired) electrons. The van der Waals surface area contributed by atoms with E-state index in [-0.39, 0.29) is 0 Å². The van der Waals surface area contributed by atoms with Crippen molar-refractivity contribution >= 4 is 15.9 Å². The van der Waals surface area contributed by atoms with Gasteiger partial charge >= 0.3 is 0 Å². The molecule has 2 N–H and O–H groups in total. The van der Waals surface area contributed by atoms with Crippen LogP contribution in [0.2, 0.25) is 0 Å². The molecule has 0 bridgehead atoms. The van der Waals surface area contributed by atoms with Gasteiger partial charge in [0.05, 0.1) is 15.9 Å². The summed E-state index contributed by atoms with van der Waals surface area (Å²) in [5.41, 5.74) is 6.70. The van der Waals surface area contributed by atoms with Gasteiger partial charge < -0.3 is 5.73 Å². The zero-order chi connectivity index (χ0) is 12.4. The van der Waals surface area contributed by atoms with E-state index >= 15 is 0 Å². The fourth-order valence-electron chi connectivity index (χ4n) is 1.45. The van der Waals surface area contributed by atoms with Crippen molar-refractivity contribution in [3.8, 4) is 5.69 Å². The Kier molecular flexibility index (Phi) is 3.54. The number of benzene rings is 1. The number of nitrogens with two attached hydrogens (primary N) is 1. The van der Waals surface area contributed by atoms with Gasteiger partial charge in [0, 0.05) is 18.7 Å². The molecule has 0 fully saturated rings. The first-order valence-electron chi connectivity index (χ1n) is 5.01. The number of rotatable bonds is 3. The molecule has 0 saturated heterocycles. The van der Waals surface area contributed by atoms with Crippen molar-refractivity contribution in [2.75, 3.05) is 6.54 Å². The van der Waals surface area contributed by atoms with Crippen molar-refractivity contribution in [3.05, 3.63) is 46.2 Å². The third kappa shape index (κ3) is 2.53. The standard InChI is InChI=1S/C11H10BrF2N3/c12-8-6-17(16-11(8)3-4-15)7-1-2-9(13)10(14)5-7/h1-2,5-6H,3-4,15H2. The van der Waals surface area contributed by atoms with Gasteiger partial charge in [-0.2, -0.15) is 5.10 Å². The summed E-state index contributed by atoms with van der Waals surface area (Å²) in [5, 5.41) is 4.24. The number of hydrogen-bond donors (Lipinski definition) is 1. The normalized spacial score (nSPS) is 10.8. The summed E-state index contributed by atoms with van der Waals surface area (Å²) in [6.45, 7) is 0.480. The molecule has 0 aliphatic rings. The fourth-order valence-corrected chi connectivity index (χ4v) is 1.93. The van der Waals surface area contributed by atoms with Crippen LogP contribution in [-0.4, -0.2) is 16.3 Å². The summed E-state index contributed by atoms with van der Waals surface area (Å²) < 4.78 is 28.1. The molecule has 0 saturated carbocycles. The van der Waals surface area contributed by atoms with E-state index < -0.39 is 11.6 Å². The van der Waals surface area contributed by atoms with Gasteiger partial charge in [0.25, 0.3) is 0 Å². The maximum atomic E-state index is 13.1. The third-order valence-electron chi connectivity index (χ3n) is 2.29. The smallest absolute Gasteiger partial charge is 0.160 e. The molecule has 1 heterocycles. The highest BCUT2D eigenvalue weighted by Gasteiger charge is 2.09. The lowest BCUT2D eigenvalue weighted by molar-refractivity contribution is 0.507. The lowest BCUT2D eigenvalue weighted by atomic mass is 10.3. The van der Waals surface area contributed by atoms with Gasteiger partial charge in [-0.15, -0.1) is 0 Å². The quantitative estimate of drug-likeness (QED) is 0.946. The van der Waals surface area contributed by atoms with Crippen LogP contribution in [0.1, 0.15) is 5.69 Å². The monoisotopic (exact) mass is 301 g/mol. The Morgan fingerprint density at radius 1 is 1.29 bits per heavy atom. The van der Waals surface area contributed by atoms with Crippen molar-refractivity contribution in [1.82, 2.24) is 9.78 Å². The second-order valence-electron chi connectivity index (χ2n) is 3.51. The van der Waals surface area contributed by atoms with Gasteiger partial charge in [-0.25, -0.2) is 13.5 Å². The first-order chi connectivity index (χ1) is 8.11. The molecule has 0 spiro atoms. The molecule has 0 aliphatic carbocycles. The van der Waals surface area contributed by atoms with Crippen molar-refractivity contribution in [3.63, 3.8) is 0 Å². The zero-order valence-corrected chi connectivity index (χ0v) is 10.4. The maximum absolute atomic E-state index is 13.1. The largest absolute Gasteiger partial charge is 0.330 e. The second kappa shape index (κ2) is 4.93. The average molecular weight is 302 g/mol. The number of nitrogens with zero attached hydrogens (tertiary/aromatic N) is 2. The molecule has 1 aromatic carbocycles. The van der Waals surface area contributed by atoms with Crippen LogP contribution in [0.25, 0.3) is 5.69 Å². The molecule has 0 amide bonds. The van der Waals surface area contributed by atoms with E-state index in [1.807, 2.05) is 0 Å². The molecule has 2 rings (SSSR count). The van der Waals surface area contributed by atoms with Crippen LogP contribution in [0, 0.1) is 11.6 Å². The average Bonchev–Trinajstić information content (AvgIpc) is 2.65. The highest BCUT2D eigenvalue weighted by Crippen LogP contribution is 2.19. The van der Waals surface area contributed by atoms with Gasteiger partial charge in [0.1, 0.15) is 0 Å². The lowest BCUT2D eigenvalue weighted by Crippen LogP contribution is -2.04. The molecular weight excluding hydrogens is 292 g/mol. The summed E-state index contributed by atoms with van der Waals surface area (Å²) in [4.78, 5) is 0. The van der Waals surface area contributed by atoms with Crippen LogP contribution in [0.15, 0.2) is 28.9 Å². The minimum Gasteiger partial charge on any atom is -0.330 e. The Bertz CT molecular complexity index is 540. The SMILES string of the molecule is NCCc1nn(-c2ccc(F)c(F)c2)cc1Br. The Morgan fingerprint density at radius 2 is 2.06 bits per heavy atom. The Hall–Kier alpha value is -1.27. The molecule has 1 aromatic heterocycles. The Balaban J connectivity index is 2.39. The molecule has 0 unspecified atom stereocenters. The van der Waals surface area contributed by atoms with E-state index in [0.717, 1.165) is 22.3 Å². The highest BCUT2D eigenvalue weighted by molar-refractivity contribution is 9.10. The number of halogens is 3. The topological polar surface area (TPSA) is 43.8 Å². The van der Waals surface area contributed by atoms with E-state index in [1.165, 1.54) is 10.7 Å². The van der Waals surface area contributed by atoms with Crippen LogP contribution in [0.4, 0.5) is 8.78 Å². The number of hydrogen-bond acceptors (Lipinski definition) is 2. The predicted octanol–water partition coefficient (Wildman–Crippen LogP) is 2.41. The molecule has 90 valence electrons. The summed E-state index contributed by atoms with van der Waals surface area (Å²) in [6.07, 6.45) is 2.31. The van der Waals surface area contributed by atoms with Gasteiger partial charge in [0.15, 0.2) is 11.6 Å². The van der Waals surface area contributed by atoms with Gasteiger partial charge in [-0.3, -0.25) is 0 Å². The van der Waals surface area contributed by atoms with Crippen molar-refractivity contribution in [2.24, 2.45) is 5.73 Å². The summed E-state index contributed by atoms with van der Waals surface area (Å²) in [7, 11) is 0. The molecule has 0 aliphatic heterocycles. The molecule has 3 nitrogen and oxygen atoms in total. The van der Waals surface area contributed by atoms with Gasteiger partial charge in [0.2, 0.25) is 0 Å². The van der Waals surface area contributed by atoms with E-state index in [9.17, 15) is 8.78 Å². The zero-order valence-electron chi connectivity index (χ0n) is 8.83. The number of aromatic nitrogens is 2. The van der Waals surface area contributed by atoms with E-state index in [1.54, 1.807) is 6.20 Å². The summed E-state index contributed by atoms with van der Waals surface area (Å²) in [5.74, 6) is -1.77. The summed E-state index contributed by atoms with van der Waals surface area (Å²) in [6, 6.07) is 3.63. The molecule has 6 heteroatoms. The molecule has 2 aromatic rings. The van der Waals surface area contributed by atoms with E-state index in [4.69, 9.17) is 5.73 Å². The minimum absolute atomic E-state index is 0.466. The van der Waals surface area contributed by atoms with Crippen LogP contribution in [0.3, 0.4) is 0 Å². The predicted molar refractivity (Wildman–Crippen MR) is 63.9 cm³/mol. The Morgan fingerprint density at radius 3 is 2.71 bits per heavy atom. The minimum atomic E-state index is -0.894. The van der Waals surface area contributed by atoms with E-state index in [0.29, 0.717) is 18.7 Å². The fraction of sp³-hybridized carbons (Fsp3) is 0.182. The van der Waals surface area contributed by atoms with Crippen LogP contribution < -0.4 is 5.73 Å². The maximum Gasteiger partial charge on any atom is 0.160 e. The van der Waals surface area contributed by atoms with Gasteiger partial charge in [-0.05, 0) is 34.6 Å². The van der Waals surface area contributed by atoms with Crippen LogP contribution in [-0.2, 0) is 6.42 Å². The van der Waals surface area contributed by atoms with Crippen LogP contribution in [0.5, 0.6) is 0 Å². The van der Waals surface area contributed by atoms with Crippen molar-refractivity contribution < 1.29 is 8.78 Å². The first-order valence-corrected chi connectivity index (χ1v) is 5.80. The first kappa shape index (κ1) is 12.2.